The number of nitrogens with one attached hydrogen (secondary N) is 1. The molecule has 0 atom stereocenters. The zero-order valence-electron chi connectivity index (χ0n) is 14.2. The fraction of sp³-hybridized carbons (Fsp3) is 0.556. The van der Waals surface area contributed by atoms with Crippen molar-refractivity contribution in [1.82, 2.24) is 15.1 Å². The second kappa shape index (κ2) is 6.73. The Morgan fingerprint density at radius 3 is 2.50 bits per heavy atom. The zero-order chi connectivity index (χ0) is 17.3. The molecule has 1 heterocycles. The van der Waals surface area contributed by atoms with Crippen molar-refractivity contribution in [3.05, 3.63) is 34.9 Å². The molecule has 3 rings (SSSR count). The molecule has 0 aromatic heterocycles. The van der Waals surface area contributed by atoms with Crippen LogP contribution in [-0.2, 0) is 11.3 Å². The second-order valence-electron chi connectivity index (χ2n) is 7.21. The molecule has 1 N–H and O–H groups in total. The fourth-order valence-electron chi connectivity index (χ4n) is 3.59. The van der Waals surface area contributed by atoms with E-state index in [2.05, 4.69) is 12.2 Å². The Morgan fingerprint density at radius 1 is 1.25 bits per heavy atom. The van der Waals surface area contributed by atoms with Gasteiger partial charge in [0.1, 0.15) is 5.54 Å². The van der Waals surface area contributed by atoms with Crippen LogP contribution in [0.25, 0.3) is 0 Å². The molecule has 1 saturated carbocycles. The third kappa shape index (κ3) is 3.42. The molecule has 3 amide bonds. The number of carbonyl (C=O) groups excluding carboxylic acids is 2. The third-order valence-electron chi connectivity index (χ3n) is 5.12. The number of rotatable bonds is 4. The monoisotopic (exact) mass is 349 g/mol. The summed E-state index contributed by atoms with van der Waals surface area (Å²) < 4.78 is 0. The van der Waals surface area contributed by atoms with E-state index in [9.17, 15) is 9.59 Å². The topological polar surface area (TPSA) is 52.7 Å². The molecule has 2 aliphatic rings. The Kier molecular flexibility index (Phi) is 4.83. The van der Waals surface area contributed by atoms with Gasteiger partial charge in [-0.25, -0.2) is 9.69 Å². The SMILES string of the molecule is CC1CCC2(CC1)NC(=O)N(CN(C)Cc1ccc(Cl)cc1)C2=O. The van der Waals surface area contributed by atoms with E-state index in [-0.39, 0.29) is 11.9 Å². The molecule has 1 aliphatic carbocycles. The van der Waals surface area contributed by atoms with Crippen LogP contribution in [0.5, 0.6) is 0 Å². The molecule has 1 aromatic carbocycles. The first-order valence-corrected chi connectivity index (χ1v) is 8.84. The lowest BCUT2D eigenvalue weighted by atomic mass is 9.77. The number of urea groups is 1. The van der Waals surface area contributed by atoms with E-state index >= 15 is 0 Å². The molecular weight excluding hydrogens is 326 g/mol. The Morgan fingerprint density at radius 2 is 1.88 bits per heavy atom. The first-order valence-electron chi connectivity index (χ1n) is 8.47. The minimum Gasteiger partial charge on any atom is -0.323 e. The van der Waals surface area contributed by atoms with Crippen LogP contribution in [0.3, 0.4) is 0 Å². The number of benzene rings is 1. The van der Waals surface area contributed by atoms with E-state index < -0.39 is 5.54 Å². The molecule has 1 saturated heterocycles. The molecule has 1 aliphatic heterocycles. The molecule has 5 nitrogen and oxygen atoms in total. The van der Waals surface area contributed by atoms with Crippen LogP contribution in [0.2, 0.25) is 5.02 Å². The van der Waals surface area contributed by atoms with Gasteiger partial charge in [0.2, 0.25) is 0 Å². The van der Waals surface area contributed by atoms with Crippen LogP contribution < -0.4 is 5.32 Å². The van der Waals surface area contributed by atoms with Gasteiger partial charge in [0.15, 0.2) is 0 Å². The van der Waals surface area contributed by atoms with Crippen molar-refractivity contribution in [2.75, 3.05) is 13.7 Å². The Hall–Kier alpha value is -1.59. The van der Waals surface area contributed by atoms with E-state index in [0.717, 1.165) is 31.2 Å². The number of hydrogen-bond acceptors (Lipinski definition) is 3. The first kappa shape index (κ1) is 17.2. The second-order valence-corrected chi connectivity index (χ2v) is 7.65. The quantitative estimate of drug-likeness (QED) is 0.849. The van der Waals surface area contributed by atoms with Crippen molar-refractivity contribution in [1.29, 1.82) is 0 Å². The molecule has 2 fully saturated rings. The van der Waals surface area contributed by atoms with Crippen LogP contribution >= 0.6 is 11.6 Å². The minimum absolute atomic E-state index is 0.0673. The van der Waals surface area contributed by atoms with Gasteiger partial charge in [-0.2, -0.15) is 0 Å². The molecule has 0 bridgehead atoms. The van der Waals surface area contributed by atoms with E-state index in [4.69, 9.17) is 11.6 Å². The van der Waals surface area contributed by atoms with Crippen molar-refractivity contribution >= 4 is 23.5 Å². The van der Waals surface area contributed by atoms with Crippen LogP contribution in [0.15, 0.2) is 24.3 Å². The maximum atomic E-state index is 12.8. The first-order chi connectivity index (χ1) is 11.4. The Labute approximate surface area is 147 Å². The average Bonchev–Trinajstić information content (AvgIpc) is 2.77. The summed E-state index contributed by atoms with van der Waals surface area (Å²) in [5, 5.41) is 3.66. The summed E-state index contributed by atoms with van der Waals surface area (Å²) in [6.07, 6.45) is 3.47. The molecule has 1 spiro atoms. The number of hydrogen-bond donors (Lipinski definition) is 1. The summed E-state index contributed by atoms with van der Waals surface area (Å²) in [6.45, 7) is 3.15. The molecule has 0 unspecified atom stereocenters. The van der Waals surface area contributed by atoms with E-state index in [0.29, 0.717) is 24.2 Å². The lowest BCUT2D eigenvalue weighted by Crippen LogP contribution is -2.49. The number of nitrogens with zero attached hydrogens (tertiary/aromatic N) is 2. The summed E-state index contributed by atoms with van der Waals surface area (Å²) in [5.74, 6) is 0.560. The average molecular weight is 350 g/mol. The highest BCUT2D eigenvalue weighted by Crippen LogP contribution is 2.36. The summed E-state index contributed by atoms with van der Waals surface area (Å²) >= 11 is 5.90. The maximum Gasteiger partial charge on any atom is 0.326 e. The predicted octanol–water partition coefficient (Wildman–Crippen LogP) is 3.23. The number of amides is 3. The van der Waals surface area contributed by atoms with Crippen molar-refractivity contribution in [2.45, 2.75) is 44.7 Å². The van der Waals surface area contributed by atoms with Gasteiger partial charge >= 0.3 is 6.03 Å². The number of imide groups is 1. The molecule has 6 heteroatoms. The Bertz CT molecular complexity index is 624. The number of carbonyl (C=O) groups is 2. The van der Waals surface area contributed by atoms with E-state index in [1.54, 1.807) is 0 Å². The summed E-state index contributed by atoms with van der Waals surface area (Å²) in [4.78, 5) is 28.5. The smallest absolute Gasteiger partial charge is 0.323 e. The van der Waals surface area contributed by atoms with E-state index in [1.165, 1.54) is 4.90 Å². The van der Waals surface area contributed by atoms with Crippen LogP contribution in [0.1, 0.15) is 38.2 Å². The standard InChI is InChI=1S/C18H24ClN3O2/c1-13-7-9-18(10-8-13)16(23)22(17(24)20-18)12-21(2)11-14-3-5-15(19)6-4-14/h3-6,13H,7-12H2,1-2H3,(H,20,24). The highest BCUT2D eigenvalue weighted by molar-refractivity contribution is 6.30. The lowest BCUT2D eigenvalue weighted by molar-refractivity contribution is -0.134. The van der Waals surface area contributed by atoms with Gasteiger partial charge in [-0.1, -0.05) is 30.7 Å². The summed E-state index contributed by atoms with van der Waals surface area (Å²) in [6, 6.07) is 7.33. The van der Waals surface area contributed by atoms with Gasteiger partial charge in [-0.15, -0.1) is 0 Å². The normalized spacial score (nSPS) is 27.2. The van der Waals surface area contributed by atoms with Gasteiger partial charge in [0, 0.05) is 11.6 Å². The zero-order valence-corrected chi connectivity index (χ0v) is 15.0. The lowest BCUT2D eigenvalue weighted by Gasteiger charge is -2.33. The molecular formula is C18H24ClN3O2. The summed E-state index contributed by atoms with van der Waals surface area (Å²) in [7, 11) is 1.91. The highest BCUT2D eigenvalue weighted by atomic mass is 35.5. The van der Waals surface area contributed by atoms with Gasteiger partial charge < -0.3 is 5.32 Å². The van der Waals surface area contributed by atoms with Gasteiger partial charge in [0.25, 0.3) is 5.91 Å². The largest absolute Gasteiger partial charge is 0.326 e. The van der Waals surface area contributed by atoms with Gasteiger partial charge in [-0.05, 0) is 56.3 Å². The van der Waals surface area contributed by atoms with Crippen molar-refractivity contribution in [2.24, 2.45) is 5.92 Å². The molecule has 0 radical (unpaired) electrons. The number of halogens is 1. The fourth-order valence-corrected chi connectivity index (χ4v) is 3.72. The minimum atomic E-state index is -0.662. The summed E-state index contributed by atoms with van der Waals surface area (Å²) in [5.41, 5.74) is 0.431. The molecule has 24 heavy (non-hydrogen) atoms. The Balaban J connectivity index is 1.63. The van der Waals surface area contributed by atoms with Gasteiger partial charge in [0.05, 0.1) is 6.67 Å². The third-order valence-corrected chi connectivity index (χ3v) is 5.37. The maximum absolute atomic E-state index is 12.8. The van der Waals surface area contributed by atoms with Crippen LogP contribution in [-0.4, -0.2) is 41.0 Å². The molecule has 1 aromatic rings. The van der Waals surface area contributed by atoms with Crippen molar-refractivity contribution in [3.8, 4) is 0 Å². The predicted molar refractivity (Wildman–Crippen MR) is 93.5 cm³/mol. The van der Waals surface area contributed by atoms with Crippen LogP contribution in [0.4, 0.5) is 4.79 Å². The van der Waals surface area contributed by atoms with Gasteiger partial charge in [-0.3, -0.25) is 9.69 Å². The van der Waals surface area contributed by atoms with Crippen molar-refractivity contribution in [3.63, 3.8) is 0 Å². The molecule has 130 valence electrons. The van der Waals surface area contributed by atoms with Crippen molar-refractivity contribution < 1.29 is 9.59 Å². The van der Waals surface area contributed by atoms with E-state index in [1.807, 2.05) is 36.2 Å². The van der Waals surface area contributed by atoms with Crippen LogP contribution in [0, 0.1) is 5.92 Å². The highest BCUT2D eigenvalue weighted by Gasteiger charge is 2.52.